The number of amides is 1. The zero-order chi connectivity index (χ0) is 23.8. The summed E-state index contributed by atoms with van der Waals surface area (Å²) in [6.07, 6.45) is -0.968. The summed E-state index contributed by atoms with van der Waals surface area (Å²) in [7, 11) is 1.54. The molecule has 0 saturated heterocycles. The first-order valence-corrected chi connectivity index (χ1v) is 11.5. The predicted molar refractivity (Wildman–Crippen MR) is 132 cm³/mol. The molecule has 3 rings (SSSR count). The molecule has 0 atom stereocenters. The van der Waals surface area contributed by atoms with Gasteiger partial charge in [0.05, 0.1) is 12.2 Å². The molecule has 0 aliphatic heterocycles. The van der Waals surface area contributed by atoms with Crippen molar-refractivity contribution in [2.24, 2.45) is 0 Å². The molecule has 3 aromatic rings. The molecule has 0 radical (unpaired) electrons. The van der Waals surface area contributed by atoms with Crippen LogP contribution in [-0.2, 0) is 17.4 Å². The second kappa shape index (κ2) is 8.58. The van der Waals surface area contributed by atoms with Gasteiger partial charge in [0.2, 0.25) is 0 Å². The fourth-order valence-corrected chi connectivity index (χ4v) is 4.42. The molecule has 5 nitrogen and oxygen atoms in total. The lowest BCUT2D eigenvalue weighted by Crippen LogP contribution is -2.23. The molecule has 2 N–H and O–H groups in total. The maximum absolute atomic E-state index is 11.0. The predicted octanol–water partition coefficient (Wildman–Crippen LogP) is 6.89. The van der Waals surface area contributed by atoms with Crippen molar-refractivity contribution in [3.63, 3.8) is 0 Å². The highest BCUT2D eigenvalue weighted by Gasteiger charge is 2.26. The van der Waals surface area contributed by atoms with Crippen molar-refractivity contribution in [3.8, 4) is 28.1 Å². The van der Waals surface area contributed by atoms with Crippen LogP contribution in [0.15, 0.2) is 41.8 Å². The van der Waals surface area contributed by atoms with Crippen molar-refractivity contribution < 1.29 is 15.0 Å². The minimum atomic E-state index is -0.968. The Morgan fingerprint density at radius 3 is 1.91 bits per heavy atom. The van der Waals surface area contributed by atoms with Gasteiger partial charge in [-0.15, -0.1) is 11.3 Å². The van der Waals surface area contributed by atoms with Crippen LogP contribution in [0, 0.1) is 0 Å². The summed E-state index contributed by atoms with van der Waals surface area (Å²) in [5.74, 6) is 0.381. The molecule has 1 aromatic heterocycles. The van der Waals surface area contributed by atoms with Gasteiger partial charge >= 0.3 is 6.09 Å². The second-order valence-corrected chi connectivity index (χ2v) is 11.2. The SMILES string of the molecule is CN(Cc1nc(-c2ccc(-c3cc(C(C)(C)C)c(O)c(C(C)(C)C)c3)cc2)cs1)C(=O)O. The molecular formula is C26H32N2O3S. The summed E-state index contributed by atoms with van der Waals surface area (Å²) in [6.45, 7) is 13.0. The second-order valence-electron chi connectivity index (χ2n) is 10.3. The van der Waals surface area contributed by atoms with Crippen molar-refractivity contribution in [3.05, 3.63) is 57.9 Å². The number of carbonyl (C=O) groups is 1. The maximum atomic E-state index is 11.0. The summed E-state index contributed by atoms with van der Waals surface area (Å²) in [6, 6.07) is 12.4. The number of carboxylic acid groups (broad SMARTS) is 1. The number of aromatic nitrogens is 1. The molecule has 0 saturated carbocycles. The molecule has 6 heteroatoms. The first-order valence-electron chi connectivity index (χ1n) is 10.6. The van der Waals surface area contributed by atoms with Gasteiger partial charge in [0.1, 0.15) is 10.8 Å². The number of thiazole rings is 1. The lowest BCUT2D eigenvalue weighted by molar-refractivity contribution is 0.153. The van der Waals surface area contributed by atoms with Crippen LogP contribution in [0.2, 0.25) is 0 Å². The number of phenols is 1. The summed E-state index contributed by atoms with van der Waals surface area (Å²) in [5.41, 5.74) is 5.50. The van der Waals surface area contributed by atoms with E-state index in [0.717, 1.165) is 38.5 Å². The van der Waals surface area contributed by atoms with Gasteiger partial charge in [0.25, 0.3) is 0 Å². The van der Waals surface area contributed by atoms with Crippen LogP contribution in [0.25, 0.3) is 22.4 Å². The summed E-state index contributed by atoms with van der Waals surface area (Å²) in [4.78, 5) is 16.8. The smallest absolute Gasteiger partial charge is 0.407 e. The van der Waals surface area contributed by atoms with Crippen molar-refractivity contribution in [1.82, 2.24) is 9.88 Å². The molecule has 0 bridgehead atoms. The van der Waals surface area contributed by atoms with Gasteiger partial charge in [0, 0.05) is 29.1 Å². The van der Waals surface area contributed by atoms with Crippen molar-refractivity contribution >= 4 is 17.4 Å². The quantitative estimate of drug-likeness (QED) is 0.452. The zero-order valence-electron chi connectivity index (χ0n) is 19.9. The van der Waals surface area contributed by atoms with E-state index < -0.39 is 6.09 Å². The number of benzene rings is 2. The van der Waals surface area contributed by atoms with Gasteiger partial charge in [-0.2, -0.15) is 0 Å². The standard InChI is InChI=1S/C26H32N2O3S/c1-25(2,3)19-12-18(13-20(23(19)29)26(4,5)6)16-8-10-17(11-9-16)21-15-32-22(27-21)14-28(7)24(30)31/h8-13,15,29H,14H2,1-7H3,(H,30,31). The van der Waals surface area contributed by atoms with E-state index in [4.69, 9.17) is 5.11 Å². The van der Waals surface area contributed by atoms with Gasteiger partial charge in [-0.3, -0.25) is 0 Å². The van der Waals surface area contributed by atoms with E-state index in [9.17, 15) is 9.90 Å². The molecule has 32 heavy (non-hydrogen) atoms. The Kier molecular flexibility index (Phi) is 6.38. The Morgan fingerprint density at radius 1 is 0.938 bits per heavy atom. The molecule has 170 valence electrons. The minimum absolute atomic E-state index is 0.180. The van der Waals surface area contributed by atoms with E-state index in [1.54, 1.807) is 0 Å². The molecule has 0 aliphatic rings. The molecule has 0 fully saturated rings. The molecule has 0 spiro atoms. The highest BCUT2D eigenvalue weighted by atomic mass is 32.1. The highest BCUT2D eigenvalue weighted by molar-refractivity contribution is 7.09. The van der Waals surface area contributed by atoms with Gasteiger partial charge in [-0.1, -0.05) is 65.8 Å². The molecular weight excluding hydrogens is 420 g/mol. The van der Waals surface area contributed by atoms with Gasteiger partial charge in [-0.25, -0.2) is 9.78 Å². The van der Waals surface area contributed by atoms with E-state index in [2.05, 4.69) is 70.8 Å². The first kappa shape index (κ1) is 23.8. The third-order valence-electron chi connectivity index (χ3n) is 5.49. The zero-order valence-corrected chi connectivity index (χ0v) is 20.7. The highest BCUT2D eigenvalue weighted by Crippen LogP contribution is 2.42. The summed E-state index contributed by atoms with van der Waals surface area (Å²) < 4.78 is 0. The van der Waals surface area contributed by atoms with Crippen molar-refractivity contribution in [2.45, 2.75) is 58.9 Å². The van der Waals surface area contributed by atoms with Gasteiger partial charge in [0.15, 0.2) is 0 Å². The van der Waals surface area contributed by atoms with E-state index in [1.807, 2.05) is 17.5 Å². The monoisotopic (exact) mass is 452 g/mol. The maximum Gasteiger partial charge on any atom is 0.407 e. The number of aromatic hydroxyl groups is 1. The molecule has 0 aliphatic carbocycles. The lowest BCUT2D eigenvalue weighted by atomic mass is 9.77. The topological polar surface area (TPSA) is 73.7 Å². The van der Waals surface area contributed by atoms with E-state index in [-0.39, 0.29) is 17.4 Å². The molecule has 0 unspecified atom stereocenters. The summed E-state index contributed by atoms with van der Waals surface area (Å²) in [5, 5.41) is 22.7. The van der Waals surface area contributed by atoms with Crippen LogP contribution < -0.4 is 0 Å². The van der Waals surface area contributed by atoms with Crippen molar-refractivity contribution in [1.29, 1.82) is 0 Å². The van der Waals surface area contributed by atoms with Crippen LogP contribution in [0.4, 0.5) is 4.79 Å². The van der Waals surface area contributed by atoms with Gasteiger partial charge in [-0.05, 0) is 34.1 Å². The average molecular weight is 453 g/mol. The Bertz CT molecular complexity index is 1080. The lowest BCUT2D eigenvalue weighted by Gasteiger charge is -2.28. The van der Waals surface area contributed by atoms with Crippen LogP contribution in [0.5, 0.6) is 5.75 Å². The largest absolute Gasteiger partial charge is 0.507 e. The first-order chi connectivity index (χ1) is 14.8. The third kappa shape index (κ3) is 5.13. The van der Waals surface area contributed by atoms with Crippen LogP contribution in [0.3, 0.4) is 0 Å². The number of phenolic OH excluding ortho intramolecular Hbond substituents is 1. The number of nitrogens with zero attached hydrogens (tertiary/aromatic N) is 2. The third-order valence-corrected chi connectivity index (χ3v) is 6.32. The number of hydrogen-bond donors (Lipinski definition) is 2. The minimum Gasteiger partial charge on any atom is -0.507 e. The van der Waals surface area contributed by atoms with Crippen molar-refractivity contribution in [2.75, 3.05) is 7.05 Å². The fourth-order valence-electron chi connectivity index (χ4n) is 3.56. The Morgan fingerprint density at radius 2 is 1.44 bits per heavy atom. The average Bonchev–Trinajstić information content (AvgIpc) is 3.15. The summed E-state index contributed by atoms with van der Waals surface area (Å²) >= 11 is 1.46. The Hall–Kier alpha value is -2.86. The molecule has 2 aromatic carbocycles. The van der Waals surface area contributed by atoms with Crippen LogP contribution in [0.1, 0.15) is 57.7 Å². The van der Waals surface area contributed by atoms with Crippen LogP contribution in [-0.4, -0.2) is 33.2 Å². The fraction of sp³-hybridized carbons (Fsp3) is 0.385. The Labute approximate surface area is 194 Å². The molecule has 1 amide bonds. The van der Waals surface area contributed by atoms with E-state index in [0.29, 0.717) is 5.75 Å². The van der Waals surface area contributed by atoms with E-state index in [1.165, 1.54) is 23.3 Å². The van der Waals surface area contributed by atoms with Gasteiger partial charge < -0.3 is 15.1 Å². The number of hydrogen-bond acceptors (Lipinski definition) is 4. The number of rotatable bonds is 4. The van der Waals surface area contributed by atoms with Crippen LogP contribution >= 0.6 is 11.3 Å². The van der Waals surface area contributed by atoms with E-state index >= 15 is 0 Å². The Balaban J connectivity index is 1.96. The molecule has 1 heterocycles. The normalized spacial score (nSPS) is 12.1.